The summed E-state index contributed by atoms with van der Waals surface area (Å²) in [5, 5.41) is 3.10. The van der Waals surface area contributed by atoms with Crippen LogP contribution >= 0.6 is 11.8 Å². The van der Waals surface area contributed by atoms with E-state index in [9.17, 15) is 4.79 Å². The molecule has 5 heteroatoms. The van der Waals surface area contributed by atoms with Crippen molar-refractivity contribution in [2.75, 3.05) is 37.6 Å². The van der Waals surface area contributed by atoms with Crippen molar-refractivity contribution in [1.82, 2.24) is 10.2 Å². The van der Waals surface area contributed by atoms with Crippen LogP contribution in [-0.2, 0) is 4.79 Å². The summed E-state index contributed by atoms with van der Waals surface area (Å²) in [7, 11) is 0. The summed E-state index contributed by atoms with van der Waals surface area (Å²) in [4.78, 5) is 18.6. The standard InChI is InChI=1S/C24H33N3OS/c1-19-8-7-9-22(18-19)27-16-14-26(15-17-27)13-12-20(2)25-24(28)21(3)29-23-10-5-4-6-11-23/h4-11,18,20-21H,12-17H2,1-3H3,(H,25,28). The van der Waals surface area contributed by atoms with Crippen LogP contribution in [0.4, 0.5) is 5.69 Å². The Labute approximate surface area is 179 Å². The summed E-state index contributed by atoms with van der Waals surface area (Å²) in [6, 6.07) is 19.1. The van der Waals surface area contributed by atoms with Crippen LogP contribution in [0.5, 0.6) is 0 Å². The molecule has 1 amide bonds. The second-order valence-electron chi connectivity index (χ2n) is 7.94. The van der Waals surface area contributed by atoms with E-state index in [0.717, 1.165) is 44.0 Å². The minimum Gasteiger partial charge on any atom is -0.369 e. The number of aryl methyl sites for hydroxylation is 1. The van der Waals surface area contributed by atoms with Crippen molar-refractivity contribution in [2.45, 2.75) is 43.4 Å². The van der Waals surface area contributed by atoms with Gasteiger partial charge in [-0.05, 0) is 57.0 Å². The van der Waals surface area contributed by atoms with Gasteiger partial charge < -0.3 is 10.2 Å². The zero-order valence-electron chi connectivity index (χ0n) is 17.8. The minimum atomic E-state index is -0.0854. The van der Waals surface area contributed by atoms with Crippen molar-refractivity contribution in [3.05, 3.63) is 60.2 Å². The predicted octanol–water partition coefficient (Wildman–Crippen LogP) is 4.19. The van der Waals surface area contributed by atoms with Crippen molar-refractivity contribution in [3.8, 4) is 0 Å². The number of piperazine rings is 1. The number of carbonyl (C=O) groups excluding carboxylic acids is 1. The maximum atomic E-state index is 12.5. The summed E-state index contributed by atoms with van der Waals surface area (Å²) < 4.78 is 0. The average molecular weight is 412 g/mol. The van der Waals surface area contributed by atoms with Crippen molar-refractivity contribution in [3.63, 3.8) is 0 Å². The van der Waals surface area contributed by atoms with Gasteiger partial charge in [-0.2, -0.15) is 0 Å². The van der Waals surface area contributed by atoms with E-state index < -0.39 is 0 Å². The zero-order chi connectivity index (χ0) is 20.6. The fourth-order valence-corrected chi connectivity index (χ4v) is 4.52. The summed E-state index contributed by atoms with van der Waals surface area (Å²) >= 11 is 1.61. The van der Waals surface area contributed by atoms with Gasteiger partial charge in [0.05, 0.1) is 5.25 Å². The molecule has 1 fully saturated rings. The molecule has 0 radical (unpaired) electrons. The Morgan fingerprint density at radius 2 is 1.76 bits per heavy atom. The maximum Gasteiger partial charge on any atom is 0.233 e. The SMILES string of the molecule is Cc1cccc(N2CCN(CCC(C)NC(=O)C(C)Sc3ccccc3)CC2)c1. The molecule has 0 spiro atoms. The molecular weight excluding hydrogens is 378 g/mol. The monoisotopic (exact) mass is 411 g/mol. The van der Waals surface area contributed by atoms with Crippen molar-refractivity contribution in [2.24, 2.45) is 0 Å². The van der Waals surface area contributed by atoms with Crippen LogP contribution in [0.1, 0.15) is 25.8 Å². The lowest BCUT2D eigenvalue weighted by atomic mass is 10.1. The van der Waals surface area contributed by atoms with Gasteiger partial charge in [0.15, 0.2) is 0 Å². The summed E-state index contributed by atoms with van der Waals surface area (Å²) in [5.74, 6) is 0.121. The van der Waals surface area contributed by atoms with Crippen LogP contribution in [0, 0.1) is 6.92 Å². The third kappa shape index (κ3) is 6.79. The van der Waals surface area contributed by atoms with Gasteiger partial charge in [0.25, 0.3) is 0 Å². The van der Waals surface area contributed by atoms with Crippen molar-refractivity contribution < 1.29 is 4.79 Å². The normalized spacial score (nSPS) is 17.0. The Hall–Kier alpha value is -1.98. The third-order valence-electron chi connectivity index (χ3n) is 5.43. The van der Waals surface area contributed by atoms with Crippen molar-refractivity contribution in [1.29, 1.82) is 0 Å². The molecule has 3 rings (SSSR count). The molecule has 2 aromatic carbocycles. The highest BCUT2D eigenvalue weighted by atomic mass is 32.2. The molecule has 1 heterocycles. The summed E-state index contributed by atoms with van der Waals surface area (Å²) in [6.07, 6.45) is 0.985. The molecule has 1 N–H and O–H groups in total. The van der Waals surface area contributed by atoms with E-state index in [-0.39, 0.29) is 17.2 Å². The molecule has 29 heavy (non-hydrogen) atoms. The molecule has 4 nitrogen and oxygen atoms in total. The fraction of sp³-hybridized carbons (Fsp3) is 0.458. The first-order valence-corrected chi connectivity index (χ1v) is 11.5. The van der Waals surface area contributed by atoms with E-state index in [1.165, 1.54) is 11.3 Å². The number of benzene rings is 2. The van der Waals surface area contributed by atoms with Crippen LogP contribution in [0.25, 0.3) is 0 Å². The van der Waals surface area contributed by atoms with Crippen LogP contribution < -0.4 is 10.2 Å². The minimum absolute atomic E-state index is 0.0854. The first kappa shape index (κ1) is 21.7. The number of rotatable bonds is 8. The zero-order valence-corrected chi connectivity index (χ0v) is 18.6. The Kier molecular flexibility index (Phi) is 8.01. The van der Waals surface area contributed by atoms with Gasteiger partial charge in [-0.3, -0.25) is 9.69 Å². The van der Waals surface area contributed by atoms with E-state index in [4.69, 9.17) is 0 Å². The number of hydrogen-bond donors (Lipinski definition) is 1. The van der Waals surface area contributed by atoms with Gasteiger partial charge in [0.1, 0.15) is 0 Å². The number of nitrogens with zero attached hydrogens (tertiary/aromatic N) is 2. The van der Waals surface area contributed by atoms with E-state index in [1.54, 1.807) is 11.8 Å². The maximum absolute atomic E-state index is 12.5. The lowest BCUT2D eigenvalue weighted by molar-refractivity contribution is -0.120. The lowest BCUT2D eigenvalue weighted by Gasteiger charge is -2.36. The first-order chi connectivity index (χ1) is 14.0. The van der Waals surface area contributed by atoms with Gasteiger partial charge in [0.2, 0.25) is 5.91 Å². The van der Waals surface area contributed by atoms with Gasteiger partial charge in [-0.25, -0.2) is 0 Å². The molecule has 0 aromatic heterocycles. The number of nitrogens with one attached hydrogen (secondary N) is 1. The van der Waals surface area contributed by atoms with Gasteiger partial charge in [-0.1, -0.05) is 30.3 Å². The molecule has 0 aliphatic carbocycles. The molecule has 2 aromatic rings. The highest BCUT2D eigenvalue weighted by Crippen LogP contribution is 2.23. The number of thioether (sulfide) groups is 1. The summed E-state index contributed by atoms with van der Waals surface area (Å²) in [5.41, 5.74) is 2.64. The predicted molar refractivity (Wildman–Crippen MR) is 124 cm³/mol. The molecular formula is C24H33N3OS. The molecule has 1 saturated heterocycles. The smallest absolute Gasteiger partial charge is 0.233 e. The first-order valence-electron chi connectivity index (χ1n) is 10.6. The molecule has 1 aliphatic rings. The van der Waals surface area contributed by atoms with Crippen molar-refractivity contribution >= 4 is 23.4 Å². The third-order valence-corrected chi connectivity index (χ3v) is 6.54. The van der Waals surface area contributed by atoms with Gasteiger partial charge in [-0.15, -0.1) is 11.8 Å². The molecule has 0 bridgehead atoms. The second kappa shape index (κ2) is 10.7. The number of amides is 1. The number of hydrogen-bond acceptors (Lipinski definition) is 4. The van der Waals surface area contributed by atoms with E-state index in [2.05, 4.69) is 53.2 Å². The Balaban J connectivity index is 1.36. The Morgan fingerprint density at radius 3 is 2.45 bits per heavy atom. The Bertz CT molecular complexity index is 775. The van der Waals surface area contributed by atoms with Gasteiger partial charge in [0, 0.05) is 49.3 Å². The highest BCUT2D eigenvalue weighted by molar-refractivity contribution is 8.00. The van der Waals surface area contributed by atoms with Gasteiger partial charge >= 0.3 is 0 Å². The quantitative estimate of drug-likeness (QED) is 0.661. The average Bonchev–Trinajstić information content (AvgIpc) is 2.73. The van der Waals surface area contributed by atoms with E-state index in [1.807, 2.05) is 37.3 Å². The van der Waals surface area contributed by atoms with Crippen LogP contribution in [0.15, 0.2) is 59.5 Å². The van der Waals surface area contributed by atoms with E-state index >= 15 is 0 Å². The molecule has 156 valence electrons. The number of anilines is 1. The molecule has 2 unspecified atom stereocenters. The number of carbonyl (C=O) groups is 1. The van der Waals surface area contributed by atoms with Crippen LogP contribution in [0.3, 0.4) is 0 Å². The molecule has 2 atom stereocenters. The highest BCUT2D eigenvalue weighted by Gasteiger charge is 2.20. The lowest BCUT2D eigenvalue weighted by Crippen LogP contribution is -2.48. The topological polar surface area (TPSA) is 35.6 Å². The molecule has 0 saturated carbocycles. The summed E-state index contributed by atoms with van der Waals surface area (Å²) in [6.45, 7) is 11.6. The van der Waals surface area contributed by atoms with Crippen LogP contribution in [-0.4, -0.2) is 54.8 Å². The van der Waals surface area contributed by atoms with Crippen LogP contribution in [0.2, 0.25) is 0 Å². The van der Waals surface area contributed by atoms with E-state index in [0.29, 0.717) is 0 Å². The largest absolute Gasteiger partial charge is 0.369 e. The fourth-order valence-electron chi connectivity index (χ4n) is 3.62. The second-order valence-corrected chi connectivity index (χ2v) is 9.35. The molecule has 1 aliphatic heterocycles. The Morgan fingerprint density at radius 1 is 1.03 bits per heavy atom.